The van der Waals surface area contributed by atoms with Gasteiger partial charge in [0, 0.05) is 19.2 Å². The number of esters is 1. The van der Waals surface area contributed by atoms with Crippen LogP contribution < -0.4 is 0 Å². The number of ether oxygens (including phenoxy) is 1. The van der Waals surface area contributed by atoms with E-state index in [0.717, 1.165) is 18.5 Å². The van der Waals surface area contributed by atoms with Crippen LogP contribution in [0, 0.1) is 10.8 Å². The fourth-order valence-corrected chi connectivity index (χ4v) is 1.68. The van der Waals surface area contributed by atoms with Crippen molar-refractivity contribution in [2.24, 2.45) is 10.8 Å². The zero-order valence-corrected chi connectivity index (χ0v) is 13.6. The highest BCUT2D eigenvalue weighted by molar-refractivity contribution is 5.75. The zero-order valence-electron chi connectivity index (χ0n) is 13.6. The number of aryl methyl sites for hydroxylation is 1. The summed E-state index contributed by atoms with van der Waals surface area (Å²) in [6.07, 6.45) is 3.63. The molecule has 0 aliphatic heterocycles. The molecule has 0 unspecified atom stereocenters. The van der Waals surface area contributed by atoms with Gasteiger partial charge in [-0.25, -0.2) is 0 Å². The molecule has 0 aliphatic rings. The number of carbonyl (C=O) groups excluding carboxylic acids is 1. The molecule has 0 spiro atoms. The first-order chi connectivity index (χ1) is 9.08. The summed E-state index contributed by atoms with van der Waals surface area (Å²) in [6, 6.07) is 0. The summed E-state index contributed by atoms with van der Waals surface area (Å²) < 4.78 is 7.03. The van der Waals surface area contributed by atoms with Gasteiger partial charge >= 0.3 is 5.97 Å². The molecule has 0 fully saturated rings. The number of nitrogens with zero attached hydrogens (tertiary/aromatic N) is 3. The van der Waals surface area contributed by atoms with Crippen LogP contribution in [0.25, 0.3) is 0 Å². The third kappa shape index (κ3) is 6.17. The van der Waals surface area contributed by atoms with E-state index < -0.39 is 5.41 Å². The maximum atomic E-state index is 11.6. The monoisotopic (exact) mass is 281 g/mol. The Kier molecular flexibility index (Phi) is 5.31. The van der Waals surface area contributed by atoms with Crippen LogP contribution in [0.1, 0.15) is 53.7 Å². The van der Waals surface area contributed by atoms with Crippen molar-refractivity contribution in [2.45, 2.75) is 60.9 Å². The van der Waals surface area contributed by atoms with E-state index in [0.29, 0.717) is 13.2 Å². The van der Waals surface area contributed by atoms with Crippen molar-refractivity contribution in [1.29, 1.82) is 0 Å². The molecule has 0 saturated heterocycles. The lowest BCUT2D eigenvalue weighted by molar-refractivity contribution is -0.153. The number of rotatable bonds is 5. The average Bonchev–Trinajstić information content (AvgIpc) is 2.67. The van der Waals surface area contributed by atoms with E-state index in [1.165, 1.54) is 0 Å². The van der Waals surface area contributed by atoms with E-state index in [1.54, 1.807) is 0 Å². The Bertz CT molecular complexity index is 439. The molecule has 0 aliphatic carbocycles. The van der Waals surface area contributed by atoms with Gasteiger partial charge < -0.3 is 4.74 Å². The quantitative estimate of drug-likeness (QED) is 0.615. The van der Waals surface area contributed by atoms with Gasteiger partial charge in [0.2, 0.25) is 0 Å². The second kappa shape index (κ2) is 6.37. The summed E-state index contributed by atoms with van der Waals surface area (Å²) in [4.78, 5) is 11.6. The Balaban J connectivity index is 2.31. The molecule has 1 aromatic rings. The van der Waals surface area contributed by atoms with Crippen molar-refractivity contribution in [2.75, 3.05) is 6.61 Å². The molecular formula is C15H27N3O2. The van der Waals surface area contributed by atoms with Crippen LogP contribution in [-0.4, -0.2) is 27.6 Å². The first-order valence-corrected chi connectivity index (χ1v) is 7.14. The largest absolute Gasteiger partial charge is 0.465 e. The number of hydrogen-bond acceptors (Lipinski definition) is 4. The Morgan fingerprint density at radius 1 is 1.25 bits per heavy atom. The molecule has 20 heavy (non-hydrogen) atoms. The molecule has 1 heterocycles. The van der Waals surface area contributed by atoms with Gasteiger partial charge in [-0.1, -0.05) is 26.0 Å². The molecule has 1 aromatic heterocycles. The van der Waals surface area contributed by atoms with Crippen molar-refractivity contribution in [1.82, 2.24) is 15.0 Å². The third-order valence-electron chi connectivity index (χ3n) is 2.67. The van der Waals surface area contributed by atoms with Crippen LogP contribution in [0.2, 0.25) is 0 Å². The molecular weight excluding hydrogens is 254 g/mol. The first kappa shape index (κ1) is 16.7. The van der Waals surface area contributed by atoms with E-state index in [9.17, 15) is 4.79 Å². The summed E-state index contributed by atoms with van der Waals surface area (Å²) in [5, 5.41) is 8.25. The highest BCUT2D eigenvalue weighted by atomic mass is 16.5. The van der Waals surface area contributed by atoms with Gasteiger partial charge in [0.25, 0.3) is 0 Å². The van der Waals surface area contributed by atoms with Crippen LogP contribution in [-0.2, 0) is 22.5 Å². The number of carbonyl (C=O) groups is 1. The van der Waals surface area contributed by atoms with E-state index in [4.69, 9.17) is 4.74 Å². The predicted octanol–water partition coefficient (Wildman–Crippen LogP) is 2.85. The van der Waals surface area contributed by atoms with Crippen LogP contribution in [0.4, 0.5) is 0 Å². The molecule has 0 aromatic carbocycles. The number of hydrogen-bond donors (Lipinski definition) is 0. The van der Waals surface area contributed by atoms with Gasteiger partial charge in [-0.05, 0) is 32.6 Å². The Morgan fingerprint density at radius 2 is 1.90 bits per heavy atom. The van der Waals surface area contributed by atoms with E-state index in [1.807, 2.05) is 31.6 Å². The van der Waals surface area contributed by atoms with Crippen LogP contribution in [0.5, 0.6) is 0 Å². The molecule has 5 nitrogen and oxygen atoms in total. The fourth-order valence-electron chi connectivity index (χ4n) is 1.68. The minimum atomic E-state index is -0.437. The third-order valence-corrected chi connectivity index (χ3v) is 2.67. The molecule has 114 valence electrons. The number of aromatic nitrogens is 3. The molecule has 0 N–H and O–H groups in total. The highest BCUT2D eigenvalue weighted by Crippen LogP contribution is 2.18. The maximum absolute atomic E-state index is 11.6. The highest BCUT2D eigenvalue weighted by Gasteiger charge is 2.22. The molecule has 1 rings (SSSR count). The molecule has 0 saturated carbocycles. The topological polar surface area (TPSA) is 57.0 Å². The fraction of sp³-hybridized carbons (Fsp3) is 0.800. The average molecular weight is 281 g/mol. The lowest BCUT2D eigenvalue weighted by Crippen LogP contribution is -2.23. The van der Waals surface area contributed by atoms with Crippen molar-refractivity contribution in [3.05, 3.63) is 11.9 Å². The van der Waals surface area contributed by atoms with Crippen LogP contribution >= 0.6 is 0 Å². The van der Waals surface area contributed by atoms with Gasteiger partial charge in [0.1, 0.15) is 0 Å². The second-order valence-electron chi connectivity index (χ2n) is 7.45. The lowest BCUT2D eigenvalue weighted by Gasteiger charge is -2.16. The summed E-state index contributed by atoms with van der Waals surface area (Å²) in [5.41, 5.74) is 0.778. The predicted molar refractivity (Wildman–Crippen MR) is 78.2 cm³/mol. The van der Waals surface area contributed by atoms with Gasteiger partial charge in [0.05, 0.1) is 17.7 Å². The van der Waals surface area contributed by atoms with Crippen LogP contribution in [0.3, 0.4) is 0 Å². The standard InChI is InChI=1S/C15H27N3O2/c1-14(2,3)10-12-11-18(17-16-12)8-7-9-20-13(19)15(4,5)6/h11H,7-10H2,1-6H3. The van der Waals surface area contributed by atoms with Gasteiger partial charge in [-0.15, -0.1) is 5.10 Å². The van der Waals surface area contributed by atoms with E-state index in [-0.39, 0.29) is 11.4 Å². The molecule has 0 bridgehead atoms. The minimum absolute atomic E-state index is 0.162. The second-order valence-corrected chi connectivity index (χ2v) is 7.45. The van der Waals surface area contributed by atoms with E-state index in [2.05, 4.69) is 31.1 Å². The summed E-state index contributed by atoms with van der Waals surface area (Å²) in [6.45, 7) is 13.2. The van der Waals surface area contributed by atoms with Crippen molar-refractivity contribution >= 4 is 5.97 Å². The van der Waals surface area contributed by atoms with Crippen molar-refractivity contribution < 1.29 is 9.53 Å². The lowest BCUT2D eigenvalue weighted by atomic mass is 9.91. The Labute approximate surface area is 121 Å². The Hall–Kier alpha value is -1.39. The first-order valence-electron chi connectivity index (χ1n) is 7.14. The summed E-state index contributed by atoms with van der Waals surface area (Å²) in [5.74, 6) is -0.162. The summed E-state index contributed by atoms with van der Waals surface area (Å²) >= 11 is 0. The molecule has 0 amide bonds. The molecule has 0 atom stereocenters. The normalized spacial score (nSPS) is 12.5. The van der Waals surface area contributed by atoms with Gasteiger partial charge in [0.15, 0.2) is 0 Å². The minimum Gasteiger partial charge on any atom is -0.465 e. The van der Waals surface area contributed by atoms with Crippen molar-refractivity contribution in [3.63, 3.8) is 0 Å². The van der Waals surface area contributed by atoms with Gasteiger partial charge in [-0.3, -0.25) is 9.48 Å². The molecule has 0 radical (unpaired) electrons. The Morgan fingerprint density at radius 3 is 2.45 bits per heavy atom. The zero-order chi connectivity index (χ0) is 15.4. The van der Waals surface area contributed by atoms with Crippen LogP contribution in [0.15, 0.2) is 6.20 Å². The molecule has 5 heteroatoms. The van der Waals surface area contributed by atoms with E-state index >= 15 is 0 Å². The maximum Gasteiger partial charge on any atom is 0.311 e. The van der Waals surface area contributed by atoms with Gasteiger partial charge in [-0.2, -0.15) is 0 Å². The SMILES string of the molecule is CC(C)(C)Cc1cn(CCCOC(=O)C(C)(C)C)nn1. The smallest absolute Gasteiger partial charge is 0.311 e. The summed E-state index contributed by atoms with van der Waals surface area (Å²) in [7, 11) is 0. The van der Waals surface area contributed by atoms with Crippen molar-refractivity contribution in [3.8, 4) is 0 Å².